The number of sulfonamides is 1. The zero-order valence-electron chi connectivity index (χ0n) is 16.3. The predicted octanol–water partition coefficient (Wildman–Crippen LogP) is 3.39. The van der Waals surface area contributed by atoms with Crippen LogP contribution in [0.15, 0.2) is 24.3 Å². The van der Waals surface area contributed by atoms with Crippen LogP contribution in [0.5, 0.6) is 0 Å². The summed E-state index contributed by atoms with van der Waals surface area (Å²) in [6, 6.07) is 6.27. The topological polar surface area (TPSA) is 89.5 Å². The Balaban J connectivity index is 1.49. The number of nitrogens with one attached hydrogen (secondary N) is 1. The van der Waals surface area contributed by atoms with Crippen molar-refractivity contribution in [3.05, 3.63) is 29.8 Å². The van der Waals surface area contributed by atoms with Crippen molar-refractivity contribution in [1.82, 2.24) is 0 Å². The van der Waals surface area contributed by atoms with Crippen LogP contribution in [0.4, 0.5) is 5.69 Å². The van der Waals surface area contributed by atoms with Crippen LogP contribution in [0.2, 0.25) is 0 Å². The Bertz CT molecular complexity index is 872. The highest BCUT2D eigenvalue weighted by Crippen LogP contribution is 2.60. The van der Waals surface area contributed by atoms with E-state index in [4.69, 9.17) is 4.74 Å². The molecule has 0 saturated heterocycles. The molecule has 1 aromatic rings. The number of ether oxygens (including phenoxy) is 1. The minimum absolute atomic E-state index is 0.0357. The summed E-state index contributed by atoms with van der Waals surface area (Å²) in [6.45, 7) is 1.64. The SMILES string of the molecule is CC(OC(=O)c1ccccc1NS(C)(=O)=O)C(=O)C12CC3CC(CC(C3)C1)C2. The molecule has 28 heavy (non-hydrogen) atoms. The van der Waals surface area contributed by atoms with Gasteiger partial charge in [0.1, 0.15) is 0 Å². The summed E-state index contributed by atoms with van der Waals surface area (Å²) < 4.78 is 30.9. The van der Waals surface area contributed by atoms with E-state index in [0.29, 0.717) is 17.8 Å². The van der Waals surface area contributed by atoms with Gasteiger partial charge in [-0.25, -0.2) is 13.2 Å². The molecule has 4 aliphatic carbocycles. The van der Waals surface area contributed by atoms with Gasteiger partial charge in [-0.3, -0.25) is 9.52 Å². The van der Waals surface area contributed by atoms with Crippen molar-refractivity contribution in [2.45, 2.75) is 51.6 Å². The van der Waals surface area contributed by atoms with Gasteiger partial charge in [-0.15, -0.1) is 0 Å². The summed E-state index contributed by atoms with van der Waals surface area (Å²) in [7, 11) is -3.53. The quantitative estimate of drug-likeness (QED) is 0.733. The van der Waals surface area contributed by atoms with E-state index in [-0.39, 0.29) is 22.4 Å². The fraction of sp³-hybridized carbons (Fsp3) is 0.619. The van der Waals surface area contributed by atoms with Gasteiger partial charge in [0.2, 0.25) is 10.0 Å². The number of hydrogen-bond acceptors (Lipinski definition) is 5. The third kappa shape index (κ3) is 3.69. The van der Waals surface area contributed by atoms with Crippen molar-refractivity contribution >= 4 is 27.5 Å². The van der Waals surface area contributed by atoms with Gasteiger partial charge in [0.25, 0.3) is 0 Å². The van der Waals surface area contributed by atoms with Crippen LogP contribution in [0.1, 0.15) is 55.8 Å². The smallest absolute Gasteiger partial charge is 0.340 e. The standard InChI is InChI=1S/C21H27NO5S/c1-13(19(23)21-10-14-7-15(11-21)9-16(8-14)12-21)27-20(24)17-5-3-4-6-18(17)22-28(2,25)26/h3-6,13-16,22H,7-12H2,1-2H3. The summed E-state index contributed by atoms with van der Waals surface area (Å²) in [5.41, 5.74) is -0.0681. The van der Waals surface area contributed by atoms with E-state index in [0.717, 1.165) is 25.5 Å². The van der Waals surface area contributed by atoms with Crippen LogP contribution in [0.25, 0.3) is 0 Å². The largest absolute Gasteiger partial charge is 0.451 e. The molecule has 6 nitrogen and oxygen atoms in total. The van der Waals surface area contributed by atoms with Crippen LogP contribution >= 0.6 is 0 Å². The molecule has 0 amide bonds. The number of para-hydroxylation sites is 1. The Labute approximate surface area is 166 Å². The van der Waals surface area contributed by atoms with Crippen molar-refractivity contribution in [3.8, 4) is 0 Å². The van der Waals surface area contributed by atoms with E-state index >= 15 is 0 Å². The number of hydrogen-bond donors (Lipinski definition) is 1. The number of benzene rings is 1. The van der Waals surface area contributed by atoms with E-state index in [1.165, 1.54) is 31.4 Å². The fourth-order valence-corrected chi connectivity index (χ4v) is 6.65. The Morgan fingerprint density at radius 1 is 1.07 bits per heavy atom. The minimum Gasteiger partial charge on any atom is -0.451 e. The summed E-state index contributed by atoms with van der Waals surface area (Å²) in [6.07, 6.45) is 6.68. The number of anilines is 1. The highest BCUT2D eigenvalue weighted by atomic mass is 32.2. The molecule has 1 atom stereocenters. The van der Waals surface area contributed by atoms with E-state index < -0.39 is 22.1 Å². The lowest BCUT2D eigenvalue weighted by Crippen LogP contribution is -2.52. The summed E-state index contributed by atoms with van der Waals surface area (Å²) in [5.74, 6) is 1.26. The van der Waals surface area contributed by atoms with Crippen molar-refractivity contribution in [1.29, 1.82) is 0 Å². The van der Waals surface area contributed by atoms with Gasteiger partial charge in [-0.1, -0.05) is 12.1 Å². The van der Waals surface area contributed by atoms with Gasteiger partial charge in [0.05, 0.1) is 17.5 Å². The molecule has 0 spiro atoms. The van der Waals surface area contributed by atoms with E-state index in [2.05, 4.69) is 4.72 Å². The van der Waals surface area contributed by atoms with Crippen LogP contribution in [0.3, 0.4) is 0 Å². The van der Waals surface area contributed by atoms with Gasteiger partial charge in [0.15, 0.2) is 11.9 Å². The Hall–Kier alpha value is -1.89. The molecule has 4 saturated carbocycles. The Morgan fingerprint density at radius 2 is 1.61 bits per heavy atom. The average molecular weight is 406 g/mol. The normalized spacial score (nSPS) is 32.0. The molecular formula is C21H27NO5S. The van der Waals surface area contributed by atoms with Crippen molar-refractivity contribution < 1.29 is 22.7 Å². The van der Waals surface area contributed by atoms with E-state index in [9.17, 15) is 18.0 Å². The van der Waals surface area contributed by atoms with Crippen LogP contribution in [0, 0.1) is 23.2 Å². The zero-order chi connectivity index (χ0) is 20.1. The predicted molar refractivity (Wildman–Crippen MR) is 105 cm³/mol. The highest BCUT2D eigenvalue weighted by molar-refractivity contribution is 7.92. The number of carbonyl (C=O) groups is 2. The lowest BCUT2D eigenvalue weighted by Gasteiger charge is -2.56. The van der Waals surface area contributed by atoms with Crippen LogP contribution in [-0.4, -0.2) is 32.5 Å². The molecule has 7 heteroatoms. The summed E-state index contributed by atoms with van der Waals surface area (Å²) >= 11 is 0. The lowest BCUT2D eigenvalue weighted by atomic mass is 9.48. The Kier molecular flexibility index (Phi) is 4.76. The maximum Gasteiger partial charge on any atom is 0.340 e. The Morgan fingerprint density at radius 3 is 2.14 bits per heavy atom. The molecule has 4 aliphatic rings. The molecule has 0 aliphatic heterocycles. The monoisotopic (exact) mass is 405 g/mol. The first-order valence-corrected chi connectivity index (χ1v) is 11.9. The molecule has 0 heterocycles. The third-order valence-corrected chi connectivity index (χ3v) is 7.25. The molecular weight excluding hydrogens is 378 g/mol. The van der Waals surface area contributed by atoms with Gasteiger partial charge < -0.3 is 4.74 Å². The maximum absolute atomic E-state index is 13.3. The molecule has 4 bridgehead atoms. The second kappa shape index (κ2) is 6.87. The molecule has 4 fully saturated rings. The first kappa shape index (κ1) is 19.4. The number of rotatable bonds is 6. The molecule has 1 unspecified atom stereocenters. The lowest BCUT2D eigenvalue weighted by molar-refractivity contribution is -0.152. The second-order valence-corrected chi connectivity index (χ2v) is 10.8. The molecule has 1 aromatic carbocycles. The van der Waals surface area contributed by atoms with Gasteiger partial charge >= 0.3 is 5.97 Å². The zero-order valence-corrected chi connectivity index (χ0v) is 17.1. The van der Waals surface area contributed by atoms with E-state index in [1.807, 2.05) is 0 Å². The number of esters is 1. The first-order valence-electron chi connectivity index (χ1n) is 9.97. The molecule has 0 aromatic heterocycles. The summed E-state index contributed by atoms with van der Waals surface area (Å²) in [4.78, 5) is 26.0. The van der Waals surface area contributed by atoms with Crippen molar-refractivity contribution in [3.63, 3.8) is 0 Å². The van der Waals surface area contributed by atoms with Gasteiger partial charge in [-0.05, 0) is 75.3 Å². The summed E-state index contributed by atoms with van der Waals surface area (Å²) in [5, 5.41) is 0. The number of carbonyl (C=O) groups excluding carboxylic acids is 2. The minimum atomic E-state index is -3.53. The number of ketones is 1. The van der Waals surface area contributed by atoms with Crippen molar-refractivity contribution in [2.75, 3.05) is 11.0 Å². The van der Waals surface area contributed by atoms with Gasteiger partial charge in [-0.2, -0.15) is 0 Å². The highest BCUT2D eigenvalue weighted by Gasteiger charge is 2.55. The third-order valence-electron chi connectivity index (χ3n) is 6.66. The van der Waals surface area contributed by atoms with E-state index in [1.54, 1.807) is 19.1 Å². The molecule has 5 rings (SSSR count). The molecule has 0 radical (unpaired) electrons. The average Bonchev–Trinajstić information content (AvgIpc) is 2.58. The van der Waals surface area contributed by atoms with Crippen LogP contribution < -0.4 is 4.72 Å². The molecule has 152 valence electrons. The maximum atomic E-state index is 13.3. The molecule has 1 N–H and O–H groups in total. The second-order valence-electron chi connectivity index (χ2n) is 9.03. The fourth-order valence-electron chi connectivity index (χ4n) is 6.07. The first-order chi connectivity index (χ1) is 13.2. The number of Topliss-reactive ketones (excluding diaryl/α,β-unsaturated/α-hetero) is 1. The van der Waals surface area contributed by atoms with Crippen molar-refractivity contribution in [2.24, 2.45) is 23.2 Å². The van der Waals surface area contributed by atoms with Crippen LogP contribution in [-0.2, 0) is 19.6 Å². The van der Waals surface area contributed by atoms with Gasteiger partial charge in [0, 0.05) is 5.41 Å².